The topological polar surface area (TPSA) is 92.8 Å². The fourth-order valence-electron chi connectivity index (χ4n) is 4.27. The summed E-state index contributed by atoms with van der Waals surface area (Å²) in [6.45, 7) is 1.90. The predicted octanol–water partition coefficient (Wildman–Crippen LogP) is 7.55. The molecule has 40 heavy (non-hydrogen) atoms. The fraction of sp³-hybridized carbons (Fsp3) is 0.0645. The Morgan fingerprint density at radius 1 is 1.00 bits per heavy atom. The Morgan fingerprint density at radius 3 is 2.60 bits per heavy atom. The molecule has 4 aromatic carbocycles. The van der Waals surface area contributed by atoms with Gasteiger partial charge in [-0.25, -0.2) is 10.2 Å². The van der Waals surface area contributed by atoms with E-state index in [2.05, 4.69) is 31.4 Å². The summed E-state index contributed by atoms with van der Waals surface area (Å²) in [5.41, 5.74) is 6.78. The molecule has 1 amide bonds. The highest BCUT2D eigenvalue weighted by atomic mass is 79.9. The summed E-state index contributed by atoms with van der Waals surface area (Å²) in [6.07, 6.45) is 1.42. The number of halogens is 2. The van der Waals surface area contributed by atoms with Crippen molar-refractivity contribution in [3.8, 4) is 22.6 Å². The van der Waals surface area contributed by atoms with Gasteiger partial charge in [0.2, 0.25) is 0 Å². The van der Waals surface area contributed by atoms with Gasteiger partial charge in [-0.15, -0.1) is 0 Å². The van der Waals surface area contributed by atoms with E-state index in [-0.39, 0.29) is 5.69 Å². The number of aromatic amines is 1. The van der Waals surface area contributed by atoms with Gasteiger partial charge in [0, 0.05) is 37.1 Å². The van der Waals surface area contributed by atoms with Gasteiger partial charge in [0.1, 0.15) is 17.2 Å². The van der Waals surface area contributed by atoms with E-state index in [1.165, 1.54) is 6.21 Å². The zero-order valence-corrected chi connectivity index (χ0v) is 23.8. The number of nitrogens with zero attached hydrogens (tertiary/aromatic N) is 1. The van der Waals surface area contributed by atoms with E-state index >= 15 is 0 Å². The molecule has 5 rings (SSSR count). The number of ether oxygens (including phenoxy) is 2. The second-order valence-corrected chi connectivity index (χ2v) is 10.2. The Labute approximate surface area is 243 Å². The first kappa shape index (κ1) is 27.2. The molecular weight excluding hydrogens is 594 g/mol. The van der Waals surface area contributed by atoms with Crippen molar-refractivity contribution >= 4 is 56.5 Å². The minimum atomic E-state index is -0.498. The van der Waals surface area contributed by atoms with E-state index in [0.717, 1.165) is 20.9 Å². The quantitative estimate of drug-likeness (QED) is 0.0855. The molecule has 9 heteroatoms. The number of carbonyl (C=O) groups excluding carboxylic acids is 2. The number of amides is 1. The molecule has 0 saturated heterocycles. The summed E-state index contributed by atoms with van der Waals surface area (Å²) in [5.74, 6) is -0.0356. The van der Waals surface area contributed by atoms with E-state index in [1.54, 1.807) is 49.6 Å². The van der Waals surface area contributed by atoms with Gasteiger partial charge in [-0.2, -0.15) is 5.10 Å². The molecule has 0 radical (unpaired) electrons. The highest BCUT2D eigenvalue weighted by molar-refractivity contribution is 9.10. The summed E-state index contributed by atoms with van der Waals surface area (Å²) in [7, 11) is 1.58. The minimum absolute atomic E-state index is 0.286. The first-order valence-electron chi connectivity index (χ1n) is 12.2. The van der Waals surface area contributed by atoms with Gasteiger partial charge in [0.05, 0.1) is 18.9 Å². The number of hydrazone groups is 1. The lowest BCUT2D eigenvalue weighted by molar-refractivity contribution is 0.0734. The number of H-pyrrole nitrogens is 1. The molecule has 0 aliphatic carbocycles. The van der Waals surface area contributed by atoms with E-state index in [9.17, 15) is 9.59 Å². The lowest BCUT2D eigenvalue weighted by Crippen LogP contribution is -2.19. The van der Waals surface area contributed by atoms with Crippen LogP contribution in [0.5, 0.6) is 11.5 Å². The normalized spacial score (nSPS) is 11.1. The average molecular weight is 617 g/mol. The molecule has 0 fully saturated rings. The van der Waals surface area contributed by atoms with Gasteiger partial charge in [0.15, 0.2) is 0 Å². The Morgan fingerprint density at radius 2 is 1.82 bits per heavy atom. The van der Waals surface area contributed by atoms with Crippen LogP contribution in [-0.2, 0) is 0 Å². The van der Waals surface area contributed by atoms with Crippen LogP contribution in [0.2, 0.25) is 5.02 Å². The van der Waals surface area contributed by atoms with Crippen molar-refractivity contribution in [3.63, 3.8) is 0 Å². The van der Waals surface area contributed by atoms with Gasteiger partial charge in [-0.3, -0.25) is 4.79 Å². The van der Waals surface area contributed by atoms with Crippen LogP contribution in [0.25, 0.3) is 22.0 Å². The van der Waals surface area contributed by atoms with Gasteiger partial charge < -0.3 is 14.5 Å². The fourth-order valence-corrected chi connectivity index (χ4v) is 4.88. The van der Waals surface area contributed by atoms with Crippen LogP contribution < -0.4 is 14.9 Å². The Bertz CT molecular complexity index is 1780. The van der Waals surface area contributed by atoms with Crippen LogP contribution in [0.1, 0.15) is 32.0 Å². The van der Waals surface area contributed by atoms with Crippen molar-refractivity contribution < 1.29 is 19.1 Å². The molecule has 0 aliphatic rings. The molecule has 2 N–H and O–H groups in total. The Hall–Kier alpha value is -4.40. The third kappa shape index (κ3) is 5.78. The van der Waals surface area contributed by atoms with Gasteiger partial charge in [0.25, 0.3) is 5.91 Å². The van der Waals surface area contributed by atoms with Gasteiger partial charge in [-0.1, -0.05) is 63.4 Å². The predicted molar refractivity (Wildman–Crippen MR) is 161 cm³/mol. The maximum absolute atomic E-state index is 13.4. The summed E-state index contributed by atoms with van der Waals surface area (Å²) >= 11 is 9.96. The van der Waals surface area contributed by atoms with E-state index in [0.29, 0.717) is 38.8 Å². The number of benzene rings is 4. The first-order valence-corrected chi connectivity index (χ1v) is 13.4. The van der Waals surface area contributed by atoms with E-state index < -0.39 is 11.9 Å². The van der Waals surface area contributed by atoms with Crippen LogP contribution in [0, 0.1) is 6.92 Å². The van der Waals surface area contributed by atoms with Crippen molar-refractivity contribution in [1.29, 1.82) is 0 Å². The van der Waals surface area contributed by atoms with Crippen LogP contribution >= 0.6 is 27.5 Å². The molecule has 1 heterocycles. The van der Waals surface area contributed by atoms with Crippen LogP contribution in [-0.4, -0.2) is 30.2 Å². The van der Waals surface area contributed by atoms with Crippen molar-refractivity contribution in [2.45, 2.75) is 6.92 Å². The smallest absolute Gasteiger partial charge is 0.343 e. The number of esters is 1. The number of methoxy groups -OCH3 is 1. The van der Waals surface area contributed by atoms with Gasteiger partial charge >= 0.3 is 5.97 Å². The Balaban J connectivity index is 1.44. The summed E-state index contributed by atoms with van der Waals surface area (Å²) < 4.78 is 11.8. The molecule has 5 aromatic rings. The second kappa shape index (κ2) is 11.8. The summed E-state index contributed by atoms with van der Waals surface area (Å²) in [6, 6.07) is 25.1. The highest BCUT2D eigenvalue weighted by Gasteiger charge is 2.21. The molecule has 0 aliphatic heterocycles. The average Bonchev–Trinajstić information content (AvgIpc) is 3.33. The second-order valence-electron chi connectivity index (χ2n) is 8.91. The van der Waals surface area contributed by atoms with Crippen LogP contribution in [0.15, 0.2) is 94.5 Å². The number of nitrogens with one attached hydrogen (secondary N) is 2. The number of carbonyl (C=O) groups is 2. The molecule has 0 bridgehead atoms. The number of hydrogen-bond acceptors (Lipinski definition) is 5. The standard InChI is InChI=1S/C31H23BrClN3O4/c1-18-6-5-7-19(14-18)31(38)40-27-13-10-21(32)15-20(27)17-34-36-30(37)29-28(23-8-3-4-9-25(23)33)24-16-22(39-2)11-12-26(24)35-29/h3-17,35H,1-2H3,(H,36,37). The lowest BCUT2D eigenvalue weighted by atomic mass is 10.0. The van der Waals surface area contributed by atoms with E-state index in [4.69, 9.17) is 21.1 Å². The largest absolute Gasteiger partial charge is 0.497 e. The maximum Gasteiger partial charge on any atom is 0.343 e. The zero-order valence-electron chi connectivity index (χ0n) is 21.5. The SMILES string of the molecule is COc1ccc2[nH]c(C(=O)NN=Cc3cc(Br)ccc3OC(=O)c3cccc(C)c3)c(-c3ccccc3Cl)c2c1. The highest BCUT2D eigenvalue weighted by Crippen LogP contribution is 2.38. The molecular formula is C31H23BrClN3O4. The molecule has 0 unspecified atom stereocenters. The van der Waals surface area contributed by atoms with Crippen molar-refractivity contribution in [3.05, 3.63) is 117 Å². The monoisotopic (exact) mass is 615 g/mol. The van der Waals surface area contributed by atoms with Crippen molar-refractivity contribution in [2.24, 2.45) is 5.10 Å². The summed E-state index contributed by atoms with van der Waals surface area (Å²) in [4.78, 5) is 29.3. The summed E-state index contributed by atoms with van der Waals surface area (Å²) in [5, 5.41) is 5.44. The first-order chi connectivity index (χ1) is 19.3. The third-order valence-electron chi connectivity index (χ3n) is 6.17. The molecule has 200 valence electrons. The van der Waals surface area contributed by atoms with E-state index in [1.807, 2.05) is 49.4 Å². The number of rotatable bonds is 7. The minimum Gasteiger partial charge on any atom is -0.497 e. The van der Waals surface area contributed by atoms with Crippen LogP contribution in [0.4, 0.5) is 0 Å². The number of fused-ring (bicyclic) bond motifs is 1. The lowest BCUT2D eigenvalue weighted by Gasteiger charge is -2.09. The van der Waals surface area contributed by atoms with Crippen molar-refractivity contribution in [1.82, 2.24) is 10.4 Å². The maximum atomic E-state index is 13.4. The third-order valence-corrected chi connectivity index (χ3v) is 7.00. The number of aromatic nitrogens is 1. The van der Waals surface area contributed by atoms with Crippen molar-refractivity contribution in [2.75, 3.05) is 7.11 Å². The van der Waals surface area contributed by atoms with Gasteiger partial charge in [-0.05, 0) is 61.5 Å². The molecule has 1 aromatic heterocycles. The molecule has 0 spiro atoms. The number of aryl methyl sites for hydroxylation is 1. The Kier molecular flexibility index (Phi) is 8.00. The molecule has 0 atom stereocenters. The molecule has 0 saturated carbocycles. The van der Waals surface area contributed by atoms with Crippen LogP contribution in [0.3, 0.4) is 0 Å². The number of hydrogen-bond donors (Lipinski definition) is 2. The molecule has 7 nitrogen and oxygen atoms in total. The zero-order chi connectivity index (χ0) is 28.2.